The third-order valence-electron chi connectivity index (χ3n) is 6.44. The highest BCUT2D eigenvalue weighted by Crippen LogP contribution is 2.42. The monoisotopic (exact) mass is 447 g/mol. The van der Waals surface area contributed by atoms with E-state index in [0.717, 1.165) is 16.8 Å². The number of furan rings is 1. The van der Waals surface area contributed by atoms with E-state index in [-0.39, 0.29) is 5.41 Å². The first kappa shape index (κ1) is 20.2. The van der Waals surface area contributed by atoms with Crippen LogP contribution in [0.25, 0.3) is 53.5 Å². The van der Waals surface area contributed by atoms with Crippen molar-refractivity contribution in [2.24, 2.45) is 0 Å². The standard InChI is InChI=1S/C30H25NOS/c1-18-17-32-28-22(18)10-7-11-24(28)26-16-20-12-13-31-27(29(20)33-26)21-14-19-8-5-6-9-23(19)25(15-21)30(2,3)4/h5-17H,1-4H3. The summed E-state index contributed by atoms with van der Waals surface area (Å²) in [5.74, 6) is 0. The van der Waals surface area contributed by atoms with Gasteiger partial charge < -0.3 is 4.42 Å². The Kier molecular flexibility index (Phi) is 4.46. The van der Waals surface area contributed by atoms with E-state index >= 15 is 0 Å². The molecule has 0 radical (unpaired) electrons. The molecule has 0 N–H and O–H groups in total. The third-order valence-corrected chi connectivity index (χ3v) is 7.63. The number of fused-ring (bicyclic) bond motifs is 3. The maximum atomic E-state index is 5.94. The molecule has 162 valence electrons. The Labute approximate surface area is 197 Å². The molecule has 33 heavy (non-hydrogen) atoms. The van der Waals surface area contributed by atoms with E-state index in [0.29, 0.717) is 0 Å². The van der Waals surface area contributed by atoms with Gasteiger partial charge >= 0.3 is 0 Å². The Bertz CT molecular complexity index is 1660. The van der Waals surface area contributed by atoms with Crippen molar-refractivity contribution in [1.82, 2.24) is 4.98 Å². The predicted octanol–water partition coefficient (Wildman–Crippen LogP) is 9.14. The van der Waals surface area contributed by atoms with Gasteiger partial charge in [0, 0.05) is 27.6 Å². The fraction of sp³-hybridized carbons (Fsp3) is 0.167. The van der Waals surface area contributed by atoms with Crippen molar-refractivity contribution < 1.29 is 4.42 Å². The van der Waals surface area contributed by atoms with Gasteiger partial charge in [-0.3, -0.25) is 4.98 Å². The molecule has 0 aliphatic carbocycles. The number of nitrogens with zero attached hydrogens (tertiary/aromatic N) is 1. The number of hydrogen-bond acceptors (Lipinski definition) is 3. The van der Waals surface area contributed by atoms with E-state index in [1.807, 2.05) is 12.5 Å². The zero-order valence-electron chi connectivity index (χ0n) is 19.3. The molecule has 6 aromatic rings. The zero-order chi connectivity index (χ0) is 22.7. The number of benzene rings is 3. The van der Waals surface area contributed by atoms with E-state index < -0.39 is 0 Å². The average Bonchev–Trinajstić information content (AvgIpc) is 3.41. The minimum absolute atomic E-state index is 0.0386. The highest BCUT2D eigenvalue weighted by Gasteiger charge is 2.20. The van der Waals surface area contributed by atoms with Crippen LogP contribution in [0.2, 0.25) is 0 Å². The summed E-state index contributed by atoms with van der Waals surface area (Å²) in [5, 5.41) is 4.96. The van der Waals surface area contributed by atoms with Crippen molar-refractivity contribution in [3.63, 3.8) is 0 Å². The van der Waals surface area contributed by atoms with Crippen LogP contribution in [0.5, 0.6) is 0 Å². The van der Waals surface area contributed by atoms with Crippen LogP contribution in [-0.2, 0) is 5.41 Å². The molecule has 0 saturated carbocycles. The van der Waals surface area contributed by atoms with Crippen LogP contribution in [0.3, 0.4) is 0 Å². The highest BCUT2D eigenvalue weighted by atomic mass is 32.1. The van der Waals surface area contributed by atoms with Crippen LogP contribution >= 0.6 is 11.3 Å². The molecular weight excluding hydrogens is 422 g/mol. The van der Waals surface area contributed by atoms with Gasteiger partial charge in [-0.1, -0.05) is 57.2 Å². The second-order valence-corrected chi connectivity index (χ2v) is 10.8. The van der Waals surface area contributed by atoms with Crippen LogP contribution in [0.4, 0.5) is 0 Å². The normalized spacial score (nSPS) is 12.2. The summed E-state index contributed by atoms with van der Waals surface area (Å²) in [4.78, 5) is 6.07. The van der Waals surface area contributed by atoms with Gasteiger partial charge in [0.05, 0.1) is 16.7 Å². The lowest BCUT2D eigenvalue weighted by Gasteiger charge is -2.22. The first-order valence-electron chi connectivity index (χ1n) is 11.3. The van der Waals surface area contributed by atoms with Gasteiger partial charge in [-0.15, -0.1) is 11.3 Å². The lowest BCUT2D eigenvalue weighted by Crippen LogP contribution is -2.12. The molecule has 0 saturated heterocycles. The minimum atomic E-state index is 0.0386. The minimum Gasteiger partial charge on any atom is -0.463 e. The number of pyridine rings is 1. The van der Waals surface area contributed by atoms with Crippen molar-refractivity contribution in [3.05, 3.63) is 90.3 Å². The molecule has 2 nitrogen and oxygen atoms in total. The van der Waals surface area contributed by atoms with E-state index in [2.05, 4.69) is 94.4 Å². The summed E-state index contributed by atoms with van der Waals surface area (Å²) in [6.07, 6.45) is 3.77. The van der Waals surface area contributed by atoms with E-state index in [4.69, 9.17) is 9.40 Å². The summed E-state index contributed by atoms with van der Waals surface area (Å²) in [5.41, 5.74) is 6.87. The number of para-hydroxylation sites is 1. The summed E-state index contributed by atoms with van der Waals surface area (Å²) < 4.78 is 7.15. The number of thiophene rings is 1. The summed E-state index contributed by atoms with van der Waals surface area (Å²) in [6, 6.07) is 24.0. The largest absolute Gasteiger partial charge is 0.463 e. The molecule has 0 amide bonds. The molecule has 0 aliphatic rings. The molecule has 0 aliphatic heterocycles. The van der Waals surface area contributed by atoms with Gasteiger partial charge in [0.1, 0.15) is 5.58 Å². The number of hydrogen-bond donors (Lipinski definition) is 0. The second-order valence-electron chi connectivity index (χ2n) is 9.78. The Morgan fingerprint density at radius 3 is 2.52 bits per heavy atom. The first-order chi connectivity index (χ1) is 15.9. The molecule has 0 spiro atoms. The quantitative estimate of drug-likeness (QED) is 0.264. The molecule has 3 aromatic carbocycles. The number of aryl methyl sites for hydroxylation is 1. The van der Waals surface area contributed by atoms with Gasteiger partial charge in [-0.25, -0.2) is 0 Å². The van der Waals surface area contributed by atoms with Crippen molar-refractivity contribution in [3.8, 4) is 21.7 Å². The van der Waals surface area contributed by atoms with Gasteiger partial charge in [-0.2, -0.15) is 0 Å². The van der Waals surface area contributed by atoms with E-state index in [1.54, 1.807) is 11.3 Å². The summed E-state index contributed by atoms with van der Waals surface area (Å²) in [7, 11) is 0. The molecule has 3 aromatic heterocycles. The lowest BCUT2D eigenvalue weighted by molar-refractivity contribution is 0.596. The fourth-order valence-electron chi connectivity index (χ4n) is 4.75. The van der Waals surface area contributed by atoms with E-state index in [9.17, 15) is 0 Å². The molecule has 0 atom stereocenters. The van der Waals surface area contributed by atoms with Crippen molar-refractivity contribution >= 4 is 43.2 Å². The van der Waals surface area contributed by atoms with Crippen LogP contribution in [-0.4, -0.2) is 4.98 Å². The molecular formula is C30H25NOS. The smallest absolute Gasteiger partial charge is 0.142 e. The molecule has 0 fully saturated rings. The highest BCUT2D eigenvalue weighted by molar-refractivity contribution is 7.22. The van der Waals surface area contributed by atoms with Crippen LogP contribution in [0.1, 0.15) is 31.9 Å². The number of aromatic nitrogens is 1. The molecule has 0 bridgehead atoms. The first-order valence-corrected chi connectivity index (χ1v) is 12.1. The molecule has 6 rings (SSSR count). The average molecular weight is 448 g/mol. The lowest BCUT2D eigenvalue weighted by atomic mass is 9.82. The predicted molar refractivity (Wildman–Crippen MR) is 141 cm³/mol. The van der Waals surface area contributed by atoms with Gasteiger partial charge in [0.25, 0.3) is 0 Å². The molecule has 3 heteroatoms. The molecule has 3 heterocycles. The van der Waals surface area contributed by atoms with Crippen LogP contribution < -0.4 is 0 Å². The topological polar surface area (TPSA) is 26.0 Å². The van der Waals surface area contributed by atoms with E-state index in [1.165, 1.54) is 47.8 Å². The van der Waals surface area contributed by atoms with Crippen LogP contribution in [0.15, 0.2) is 83.6 Å². The third kappa shape index (κ3) is 3.27. The maximum Gasteiger partial charge on any atom is 0.142 e. The van der Waals surface area contributed by atoms with Crippen molar-refractivity contribution in [2.75, 3.05) is 0 Å². The Hall–Kier alpha value is -3.43. The van der Waals surface area contributed by atoms with Gasteiger partial charge in [0.2, 0.25) is 0 Å². The van der Waals surface area contributed by atoms with Crippen molar-refractivity contribution in [2.45, 2.75) is 33.1 Å². The molecule has 0 unspecified atom stereocenters. The van der Waals surface area contributed by atoms with Gasteiger partial charge in [0.15, 0.2) is 0 Å². The fourth-order valence-corrected chi connectivity index (χ4v) is 5.94. The summed E-state index contributed by atoms with van der Waals surface area (Å²) >= 11 is 1.79. The zero-order valence-corrected chi connectivity index (χ0v) is 20.1. The second kappa shape index (κ2) is 7.29. The van der Waals surface area contributed by atoms with Crippen molar-refractivity contribution in [1.29, 1.82) is 0 Å². The Morgan fingerprint density at radius 1 is 0.848 bits per heavy atom. The Balaban J connectivity index is 1.59. The SMILES string of the molecule is Cc1coc2c(-c3cc4ccnc(-c5cc(C(C)(C)C)c6ccccc6c5)c4s3)cccc12. The van der Waals surface area contributed by atoms with Crippen LogP contribution in [0, 0.1) is 6.92 Å². The van der Waals surface area contributed by atoms with Gasteiger partial charge in [-0.05, 0) is 70.0 Å². The Morgan fingerprint density at radius 2 is 1.67 bits per heavy atom. The maximum absolute atomic E-state index is 5.94. The number of rotatable bonds is 2. The summed E-state index contributed by atoms with van der Waals surface area (Å²) in [6.45, 7) is 8.93.